The zero-order chi connectivity index (χ0) is 21.8. The fourth-order valence-corrected chi connectivity index (χ4v) is 4.88. The standard InChI is InChI=1S/C24H21ClN6O/c1-29-13-16-12-18(5-6-21(16)28-29)26-24(32)31-19-9-10-30(14-19)22-8-7-20(27-23(22)31)15-3-2-4-17(25)11-15/h2-8,11-13,19H,9-10,14H2,1H3,(H,26,32)/t19-/m0/s1. The van der Waals surface area contributed by atoms with Crippen LogP contribution in [-0.4, -0.2) is 39.9 Å². The lowest BCUT2D eigenvalue weighted by atomic mass is 10.1. The van der Waals surface area contributed by atoms with Crippen LogP contribution in [0.2, 0.25) is 5.02 Å². The van der Waals surface area contributed by atoms with Crippen molar-refractivity contribution in [3.8, 4) is 11.3 Å². The first-order valence-electron chi connectivity index (χ1n) is 10.6. The lowest BCUT2D eigenvalue weighted by molar-refractivity contribution is 0.255. The van der Waals surface area contributed by atoms with Crippen LogP contribution in [0.3, 0.4) is 0 Å². The van der Waals surface area contributed by atoms with Crippen LogP contribution in [0.5, 0.6) is 0 Å². The average Bonchev–Trinajstić information content (AvgIpc) is 3.36. The second kappa shape index (κ2) is 7.24. The van der Waals surface area contributed by atoms with E-state index in [0.29, 0.717) is 10.8 Å². The number of nitrogens with one attached hydrogen (secondary N) is 1. The number of nitrogens with zero attached hydrogens (tertiary/aromatic N) is 5. The fourth-order valence-electron chi connectivity index (χ4n) is 4.69. The number of aryl methyl sites for hydroxylation is 1. The van der Waals surface area contributed by atoms with Crippen molar-refractivity contribution in [1.82, 2.24) is 14.8 Å². The summed E-state index contributed by atoms with van der Waals surface area (Å²) in [6, 6.07) is 17.3. The number of anilines is 3. The smallest absolute Gasteiger partial charge is 0.327 e. The molecule has 2 aromatic carbocycles. The van der Waals surface area contributed by atoms with Crippen LogP contribution in [0.4, 0.5) is 22.0 Å². The van der Waals surface area contributed by atoms with E-state index in [4.69, 9.17) is 16.6 Å². The summed E-state index contributed by atoms with van der Waals surface area (Å²) in [4.78, 5) is 22.5. The van der Waals surface area contributed by atoms with Crippen molar-refractivity contribution in [2.45, 2.75) is 12.5 Å². The third-order valence-corrected chi connectivity index (χ3v) is 6.40. The number of rotatable bonds is 2. The van der Waals surface area contributed by atoms with Gasteiger partial charge in [0, 0.05) is 48.0 Å². The van der Waals surface area contributed by atoms with Crippen LogP contribution in [0.25, 0.3) is 22.2 Å². The average molecular weight is 445 g/mol. The van der Waals surface area contributed by atoms with Gasteiger partial charge in [-0.2, -0.15) is 5.10 Å². The molecule has 1 atom stereocenters. The number of hydrogen-bond acceptors (Lipinski definition) is 4. The van der Waals surface area contributed by atoms with Crippen molar-refractivity contribution >= 4 is 45.7 Å². The van der Waals surface area contributed by atoms with Gasteiger partial charge in [0.25, 0.3) is 0 Å². The number of fused-ring (bicyclic) bond motifs is 5. The quantitative estimate of drug-likeness (QED) is 0.476. The number of carbonyl (C=O) groups excluding carboxylic acids is 1. The zero-order valence-corrected chi connectivity index (χ0v) is 18.3. The maximum atomic E-state index is 13.5. The Hall–Kier alpha value is -3.58. The topological polar surface area (TPSA) is 66.3 Å². The molecule has 32 heavy (non-hydrogen) atoms. The highest BCUT2D eigenvalue weighted by atomic mass is 35.5. The lowest BCUT2D eigenvalue weighted by Gasteiger charge is -2.36. The summed E-state index contributed by atoms with van der Waals surface area (Å²) >= 11 is 6.19. The van der Waals surface area contributed by atoms with Crippen LogP contribution >= 0.6 is 11.6 Å². The minimum atomic E-state index is -0.170. The van der Waals surface area contributed by atoms with Gasteiger partial charge >= 0.3 is 6.03 Å². The van der Waals surface area contributed by atoms with E-state index in [2.05, 4.69) is 21.4 Å². The third-order valence-electron chi connectivity index (χ3n) is 6.16. The van der Waals surface area contributed by atoms with E-state index in [0.717, 1.165) is 53.0 Å². The number of halogens is 1. The molecule has 4 heterocycles. The molecule has 0 saturated carbocycles. The molecule has 2 aliphatic rings. The van der Waals surface area contributed by atoms with E-state index in [-0.39, 0.29) is 12.1 Å². The summed E-state index contributed by atoms with van der Waals surface area (Å²) in [6.45, 7) is 1.74. The second-order valence-corrected chi connectivity index (χ2v) is 8.75. The molecule has 2 aromatic heterocycles. The van der Waals surface area contributed by atoms with E-state index >= 15 is 0 Å². The predicted molar refractivity (Wildman–Crippen MR) is 128 cm³/mol. The molecule has 1 saturated heterocycles. The van der Waals surface area contributed by atoms with Crippen LogP contribution in [-0.2, 0) is 7.05 Å². The van der Waals surface area contributed by atoms with Crippen LogP contribution in [0.1, 0.15) is 6.42 Å². The molecule has 1 fully saturated rings. The third kappa shape index (κ3) is 3.17. The van der Waals surface area contributed by atoms with Crippen molar-refractivity contribution in [2.24, 2.45) is 7.05 Å². The summed E-state index contributed by atoms with van der Waals surface area (Å²) in [6.07, 6.45) is 2.85. The van der Waals surface area contributed by atoms with Gasteiger partial charge in [0.15, 0.2) is 5.82 Å². The Labute approximate surface area is 190 Å². The van der Waals surface area contributed by atoms with E-state index in [1.807, 2.05) is 66.7 Å². The Morgan fingerprint density at radius 2 is 2.06 bits per heavy atom. The molecule has 8 heteroatoms. The Bertz CT molecular complexity index is 1370. The number of aromatic nitrogens is 3. The Morgan fingerprint density at radius 3 is 2.94 bits per heavy atom. The molecule has 0 spiro atoms. The largest absolute Gasteiger partial charge is 0.366 e. The highest BCUT2D eigenvalue weighted by molar-refractivity contribution is 6.30. The van der Waals surface area contributed by atoms with Crippen molar-refractivity contribution in [3.05, 3.63) is 65.8 Å². The summed E-state index contributed by atoms with van der Waals surface area (Å²) < 4.78 is 1.77. The van der Waals surface area contributed by atoms with Gasteiger partial charge in [-0.1, -0.05) is 23.7 Å². The normalized spacial score (nSPS) is 17.0. The summed E-state index contributed by atoms with van der Waals surface area (Å²) in [5.74, 6) is 0.691. The predicted octanol–water partition coefficient (Wildman–Crippen LogP) is 4.92. The minimum Gasteiger partial charge on any atom is -0.366 e. The molecule has 6 rings (SSSR count). The SMILES string of the molecule is Cn1cc2cc(NC(=O)N3c4nc(-c5cccc(Cl)c5)ccc4N4CC[C@H]3C4)ccc2n1. The first kappa shape index (κ1) is 19.1. The Morgan fingerprint density at radius 1 is 1.16 bits per heavy atom. The van der Waals surface area contributed by atoms with Gasteiger partial charge in [0.2, 0.25) is 0 Å². The number of benzene rings is 2. The van der Waals surface area contributed by atoms with Crippen molar-refractivity contribution < 1.29 is 4.79 Å². The van der Waals surface area contributed by atoms with E-state index in [1.54, 1.807) is 4.68 Å². The van der Waals surface area contributed by atoms with Gasteiger partial charge in [0.1, 0.15) is 0 Å². The van der Waals surface area contributed by atoms with E-state index in [9.17, 15) is 4.79 Å². The van der Waals surface area contributed by atoms with Gasteiger partial charge in [-0.3, -0.25) is 9.58 Å². The molecule has 0 radical (unpaired) electrons. The summed E-state index contributed by atoms with van der Waals surface area (Å²) in [5, 5.41) is 9.12. The first-order chi connectivity index (χ1) is 15.5. The summed E-state index contributed by atoms with van der Waals surface area (Å²) in [5.41, 5.74) is 4.35. The summed E-state index contributed by atoms with van der Waals surface area (Å²) in [7, 11) is 1.89. The van der Waals surface area contributed by atoms with Crippen LogP contribution < -0.4 is 15.1 Å². The van der Waals surface area contributed by atoms with Gasteiger partial charge in [-0.15, -0.1) is 0 Å². The zero-order valence-electron chi connectivity index (χ0n) is 17.5. The molecular weight excluding hydrogens is 424 g/mol. The monoisotopic (exact) mass is 444 g/mol. The molecule has 0 unspecified atom stereocenters. The Kier molecular flexibility index (Phi) is 4.33. The second-order valence-electron chi connectivity index (χ2n) is 8.31. The van der Waals surface area contributed by atoms with E-state index < -0.39 is 0 Å². The molecule has 2 bridgehead atoms. The molecule has 0 aliphatic carbocycles. The number of carbonyl (C=O) groups is 1. The highest BCUT2D eigenvalue weighted by Gasteiger charge is 2.40. The van der Waals surface area contributed by atoms with Gasteiger partial charge in [-0.25, -0.2) is 9.78 Å². The molecule has 2 amide bonds. The maximum Gasteiger partial charge on any atom is 0.327 e. The number of urea groups is 1. The molecule has 4 aromatic rings. The van der Waals surface area contributed by atoms with Gasteiger partial charge in [0.05, 0.1) is 22.9 Å². The Balaban J connectivity index is 1.37. The van der Waals surface area contributed by atoms with Crippen LogP contribution in [0, 0.1) is 0 Å². The number of pyridine rings is 1. The fraction of sp³-hybridized carbons (Fsp3) is 0.208. The molecule has 7 nitrogen and oxygen atoms in total. The van der Waals surface area contributed by atoms with Crippen molar-refractivity contribution in [1.29, 1.82) is 0 Å². The molecule has 1 N–H and O–H groups in total. The van der Waals surface area contributed by atoms with Crippen molar-refractivity contribution in [3.63, 3.8) is 0 Å². The van der Waals surface area contributed by atoms with Gasteiger partial charge in [-0.05, 0) is 48.9 Å². The van der Waals surface area contributed by atoms with Crippen molar-refractivity contribution in [2.75, 3.05) is 28.2 Å². The maximum absolute atomic E-state index is 13.5. The lowest BCUT2D eigenvalue weighted by Crippen LogP contribution is -2.48. The molecule has 160 valence electrons. The molecule has 2 aliphatic heterocycles. The van der Waals surface area contributed by atoms with Gasteiger partial charge < -0.3 is 10.2 Å². The molecular formula is C24H21ClN6O. The number of hydrogen-bond donors (Lipinski definition) is 1. The first-order valence-corrected chi connectivity index (χ1v) is 11.0. The van der Waals surface area contributed by atoms with Crippen LogP contribution in [0.15, 0.2) is 60.8 Å². The van der Waals surface area contributed by atoms with E-state index in [1.165, 1.54) is 0 Å². The number of amides is 2. The highest BCUT2D eigenvalue weighted by Crippen LogP contribution is 2.40. The minimum absolute atomic E-state index is 0.0896.